The van der Waals surface area contributed by atoms with Crippen LogP contribution in [0.2, 0.25) is 0 Å². The van der Waals surface area contributed by atoms with Crippen molar-refractivity contribution < 1.29 is 22.7 Å². The molecule has 3 rings (SSSR count). The fourth-order valence-corrected chi connectivity index (χ4v) is 3.69. The predicted molar refractivity (Wildman–Crippen MR) is 101 cm³/mol. The van der Waals surface area contributed by atoms with Gasteiger partial charge in [0.1, 0.15) is 0 Å². The van der Waals surface area contributed by atoms with Crippen molar-refractivity contribution in [1.29, 1.82) is 0 Å². The maximum absolute atomic E-state index is 12.0. The lowest BCUT2D eigenvalue weighted by atomic mass is 10.1. The molecule has 0 saturated carbocycles. The van der Waals surface area contributed by atoms with Gasteiger partial charge < -0.3 is 14.8 Å². The van der Waals surface area contributed by atoms with Crippen molar-refractivity contribution in [2.75, 3.05) is 19.1 Å². The summed E-state index contributed by atoms with van der Waals surface area (Å²) in [5.74, 6) is 0.908. The van der Waals surface area contributed by atoms with Crippen molar-refractivity contribution in [2.45, 2.75) is 19.4 Å². The van der Waals surface area contributed by atoms with Gasteiger partial charge in [-0.25, -0.2) is 13.1 Å². The number of sulfonamides is 1. The van der Waals surface area contributed by atoms with E-state index in [9.17, 15) is 13.2 Å². The molecule has 0 atom stereocenters. The van der Waals surface area contributed by atoms with Gasteiger partial charge in [0.05, 0.1) is 12.3 Å². The Kier molecular flexibility index (Phi) is 6.31. The molecule has 1 amide bonds. The summed E-state index contributed by atoms with van der Waals surface area (Å²) < 4.78 is 36.9. The second-order valence-corrected chi connectivity index (χ2v) is 8.12. The molecule has 144 valence electrons. The van der Waals surface area contributed by atoms with E-state index in [0.29, 0.717) is 24.3 Å². The standard InChI is InChI=1S/C19H22N2O5S/c22-19(20-12-16-8-9-17-18(11-16)26-14-25-17)13-21-27(23,24)10-4-7-15-5-2-1-3-6-15/h1-3,5-6,8-9,11,21H,4,7,10,12-14H2,(H,20,22). The van der Waals surface area contributed by atoms with Crippen LogP contribution in [-0.2, 0) is 27.8 Å². The Hall–Kier alpha value is -2.58. The van der Waals surface area contributed by atoms with Crippen LogP contribution < -0.4 is 19.5 Å². The largest absolute Gasteiger partial charge is 0.454 e. The van der Waals surface area contributed by atoms with E-state index in [0.717, 1.165) is 11.1 Å². The summed E-state index contributed by atoms with van der Waals surface area (Å²) in [7, 11) is -3.49. The topological polar surface area (TPSA) is 93.7 Å². The molecule has 0 spiro atoms. The average molecular weight is 390 g/mol. The summed E-state index contributed by atoms with van der Waals surface area (Å²) in [6, 6.07) is 15.1. The minimum Gasteiger partial charge on any atom is -0.454 e. The first-order valence-corrected chi connectivity index (χ1v) is 10.3. The molecule has 0 saturated heterocycles. The lowest BCUT2D eigenvalue weighted by molar-refractivity contribution is -0.120. The summed E-state index contributed by atoms with van der Waals surface area (Å²) in [5, 5.41) is 2.68. The number of carbonyl (C=O) groups excluding carboxylic acids is 1. The summed E-state index contributed by atoms with van der Waals surface area (Å²) >= 11 is 0. The SMILES string of the molecule is O=C(CNS(=O)(=O)CCCc1ccccc1)NCc1ccc2c(c1)OCO2. The van der Waals surface area contributed by atoms with Crippen LogP contribution in [0.4, 0.5) is 0 Å². The van der Waals surface area contributed by atoms with E-state index >= 15 is 0 Å². The molecule has 2 N–H and O–H groups in total. The lowest BCUT2D eigenvalue weighted by Crippen LogP contribution is -2.37. The summed E-state index contributed by atoms with van der Waals surface area (Å²) in [5.41, 5.74) is 1.94. The highest BCUT2D eigenvalue weighted by molar-refractivity contribution is 7.89. The minimum atomic E-state index is -3.49. The number of amides is 1. The zero-order valence-electron chi connectivity index (χ0n) is 14.8. The number of hydrogen-bond donors (Lipinski definition) is 2. The van der Waals surface area contributed by atoms with Gasteiger partial charge in [-0.05, 0) is 36.1 Å². The van der Waals surface area contributed by atoms with Gasteiger partial charge in [0, 0.05) is 6.54 Å². The fraction of sp³-hybridized carbons (Fsp3) is 0.316. The number of fused-ring (bicyclic) bond motifs is 1. The van der Waals surface area contributed by atoms with Gasteiger partial charge in [0.25, 0.3) is 0 Å². The van der Waals surface area contributed by atoms with E-state index in [1.807, 2.05) is 36.4 Å². The van der Waals surface area contributed by atoms with Crippen molar-refractivity contribution in [1.82, 2.24) is 10.0 Å². The van der Waals surface area contributed by atoms with Crippen molar-refractivity contribution in [3.63, 3.8) is 0 Å². The highest BCUT2D eigenvalue weighted by Gasteiger charge is 2.14. The maximum Gasteiger partial charge on any atom is 0.235 e. The summed E-state index contributed by atoms with van der Waals surface area (Å²) in [6.45, 7) is 0.195. The molecule has 27 heavy (non-hydrogen) atoms. The fourth-order valence-electron chi connectivity index (χ4n) is 2.67. The van der Waals surface area contributed by atoms with Crippen molar-refractivity contribution in [3.8, 4) is 11.5 Å². The summed E-state index contributed by atoms with van der Waals surface area (Å²) in [6.07, 6.45) is 1.18. The van der Waals surface area contributed by atoms with E-state index < -0.39 is 10.0 Å². The first-order chi connectivity index (χ1) is 13.0. The van der Waals surface area contributed by atoms with Crippen LogP contribution in [0, 0.1) is 0 Å². The number of hydrogen-bond acceptors (Lipinski definition) is 5. The first kappa shape index (κ1) is 19.2. The Morgan fingerprint density at radius 3 is 2.59 bits per heavy atom. The molecule has 2 aromatic carbocycles. The quantitative estimate of drug-likeness (QED) is 0.678. The van der Waals surface area contributed by atoms with Crippen molar-refractivity contribution in [2.24, 2.45) is 0 Å². The van der Waals surface area contributed by atoms with Crippen LogP contribution in [-0.4, -0.2) is 33.4 Å². The molecule has 1 aliphatic rings. The van der Waals surface area contributed by atoms with Gasteiger partial charge in [0.15, 0.2) is 11.5 Å². The Labute approximate surface area is 158 Å². The highest BCUT2D eigenvalue weighted by atomic mass is 32.2. The molecule has 0 radical (unpaired) electrons. The maximum atomic E-state index is 12.0. The molecule has 8 heteroatoms. The number of nitrogens with one attached hydrogen (secondary N) is 2. The van der Waals surface area contributed by atoms with E-state index in [1.54, 1.807) is 12.1 Å². The Bertz CT molecular complexity index is 884. The number of ether oxygens (including phenoxy) is 2. The summed E-state index contributed by atoms with van der Waals surface area (Å²) in [4.78, 5) is 11.9. The number of benzene rings is 2. The average Bonchev–Trinajstić information content (AvgIpc) is 3.13. The molecule has 0 unspecified atom stereocenters. The second-order valence-electron chi connectivity index (χ2n) is 6.19. The second kappa shape index (κ2) is 8.88. The van der Waals surface area contributed by atoms with Crippen molar-refractivity contribution >= 4 is 15.9 Å². The predicted octanol–water partition coefficient (Wildman–Crippen LogP) is 1.58. The van der Waals surface area contributed by atoms with Gasteiger partial charge in [-0.2, -0.15) is 0 Å². The van der Waals surface area contributed by atoms with E-state index in [-0.39, 0.29) is 31.5 Å². The molecular formula is C19H22N2O5S. The van der Waals surface area contributed by atoms with Crippen LogP contribution in [0.25, 0.3) is 0 Å². The smallest absolute Gasteiger partial charge is 0.235 e. The van der Waals surface area contributed by atoms with E-state index in [2.05, 4.69) is 10.0 Å². The number of aryl methyl sites for hydroxylation is 1. The zero-order valence-corrected chi connectivity index (χ0v) is 15.6. The first-order valence-electron chi connectivity index (χ1n) is 8.68. The highest BCUT2D eigenvalue weighted by Crippen LogP contribution is 2.32. The van der Waals surface area contributed by atoms with Crippen LogP contribution in [0.5, 0.6) is 11.5 Å². The molecule has 7 nitrogen and oxygen atoms in total. The normalized spacial score (nSPS) is 12.7. The van der Waals surface area contributed by atoms with Gasteiger partial charge in [-0.15, -0.1) is 0 Å². The van der Waals surface area contributed by atoms with Crippen LogP contribution in [0.3, 0.4) is 0 Å². The lowest BCUT2D eigenvalue weighted by Gasteiger charge is -2.08. The number of carbonyl (C=O) groups is 1. The van der Waals surface area contributed by atoms with Gasteiger partial charge >= 0.3 is 0 Å². The van der Waals surface area contributed by atoms with Gasteiger partial charge in [-0.1, -0.05) is 36.4 Å². The third kappa shape index (κ3) is 5.97. The van der Waals surface area contributed by atoms with Crippen LogP contribution >= 0.6 is 0 Å². The molecule has 2 aromatic rings. The van der Waals surface area contributed by atoms with E-state index in [4.69, 9.17) is 9.47 Å². The van der Waals surface area contributed by atoms with E-state index in [1.165, 1.54) is 0 Å². The molecule has 1 aliphatic heterocycles. The minimum absolute atomic E-state index is 0.0165. The third-order valence-electron chi connectivity index (χ3n) is 4.10. The van der Waals surface area contributed by atoms with Gasteiger partial charge in [-0.3, -0.25) is 4.79 Å². The van der Waals surface area contributed by atoms with Crippen LogP contribution in [0.1, 0.15) is 17.5 Å². The number of rotatable bonds is 9. The zero-order chi connectivity index (χ0) is 19.1. The molecule has 1 heterocycles. The molecule has 0 aromatic heterocycles. The Morgan fingerprint density at radius 2 is 1.78 bits per heavy atom. The molecule has 0 bridgehead atoms. The van der Waals surface area contributed by atoms with Crippen molar-refractivity contribution in [3.05, 3.63) is 59.7 Å². The Morgan fingerprint density at radius 1 is 1.00 bits per heavy atom. The molecule has 0 fully saturated rings. The van der Waals surface area contributed by atoms with Gasteiger partial charge in [0.2, 0.25) is 22.7 Å². The Balaban J connectivity index is 1.37. The molecular weight excluding hydrogens is 368 g/mol. The monoisotopic (exact) mass is 390 g/mol. The molecule has 0 aliphatic carbocycles. The third-order valence-corrected chi connectivity index (χ3v) is 5.51. The van der Waals surface area contributed by atoms with Crippen LogP contribution in [0.15, 0.2) is 48.5 Å².